The smallest absolute Gasteiger partial charge is 0.223 e. The molecule has 0 saturated carbocycles. The zero-order chi connectivity index (χ0) is 13.8. The Morgan fingerprint density at radius 2 is 2.16 bits per heavy atom. The van der Waals surface area contributed by atoms with Gasteiger partial charge in [0.25, 0.3) is 0 Å². The van der Waals surface area contributed by atoms with Gasteiger partial charge in [-0.05, 0) is 23.8 Å². The van der Waals surface area contributed by atoms with E-state index in [0.717, 1.165) is 29.4 Å². The molecule has 19 heavy (non-hydrogen) atoms. The maximum atomic E-state index is 11.9. The van der Waals surface area contributed by atoms with Gasteiger partial charge >= 0.3 is 0 Å². The van der Waals surface area contributed by atoms with Crippen LogP contribution in [0, 0.1) is 5.92 Å². The number of nitrogens with zero attached hydrogens (tertiary/aromatic N) is 1. The summed E-state index contributed by atoms with van der Waals surface area (Å²) in [6.07, 6.45) is 0.599. The minimum atomic E-state index is 0.192. The van der Waals surface area contributed by atoms with Crippen molar-refractivity contribution in [2.24, 2.45) is 5.92 Å². The zero-order valence-electron chi connectivity index (χ0n) is 11.3. The molecule has 5 heteroatoms. The molecule has 1 fully saturated rings. The maximum absolute atomic E-state index is 11.9. The van der Waals surface area contributed by atoms with E-state index in [2.05, 4.69) is 12.6 Å². The average Bonchev–Trinajstić information content (AvgIpc) is 2.80. The number of rotatable bonds is 5. The quantitative estimate of drug-likeness (QED) is 0.839. The molecule has 1 aliphatic rings. The van der Waals surface area contributed by atoms with Gasteiger partial charge in [-0.2, -0.15) is 12.6 Å². The number of thiol groups is 1. The zero-order valence-corrected chi connectivity index (χ0v) is 12.2. The van der Waals surface area contributed by atoms with E-state index in [0.29, 0.717) is 18.9 Å². The Morgan fingerprint density at radius 1 is 1.37 bits per heavy atom. The number of methoxy groups -OCH3 is 2. The molecule has 1 aliphatic heterocycles. The second-order valence-electron chi connectivity index (χ2n) is 4.70. The Kier molecular flexibility index (Phi) is 4.58. The molecule has 0 aliphatic carbocycles. The Morgan fingerprint density at radius 3 is 2.74 bits per heavy atom. The highest BCUT2D eigenvalue weighted by Crippen LogP contribution is 2.28. The molecule has 1 aromatic rings. The number of ether oxygens (including phenoxy) is 2. The number of benzene rings is 1. The van der Waals surface area contributed by atoms with Gasteiger partial charge in [-0.1, -0.05) is 0 Å². The number of likely N-dealkylation sites (tertiary alicyclic amines) is 1. The van der Waals surface area contributed by atoms with Gasteiger partial charge in [0.05, 0.1) is 14.2 Å². The van der Waals surface area contributed by atoms with E-state index in [1.54, 1.807) is 14.2 Å². The standard InChI is InChI=1S/C14H19NO3S/c1-17-12-4-3-11(13(6-12)18-2)8-15-7-10(9-19)5-14(15)16/h3-4,6,10,19H,5,7-9H2,1-2H3. The fraction of sp³-hybridized carbons (Fsp3) is 0.500. The molecular weight excluding hydrogens is 262 g/mol. The number of hydrogen-bond donors (Lipinski definition) is 1. The van der Waals surface area contributed by atoms with E-state index in [1.165, 1.54) is 0 Å². The van der Waals surface area contributed by atoms with Gasteiger partial charge in [0.1, 0.15) is 11.5 Å². The van der Waals surface area contributed by atoms with Crippen molar-refractivity contribution in [2.45, 2.75) is 13.0 Å². The van der Waals surface area contributed by atoms with Gasteiger partial charge < -0.3 is 14.4 Å². The van der Waals surface area contributed by atoms with Crippen molar-refractivity contribution in [1.29, 1.82) is 0 Å². The SMILES string of the molecule is COc1ccc(CN2CC(CS)CC2=O)c(OC)c1. The van der Waals surface area contributed by atoms with Gasteiger partial charge in [-0.3, -0.25) is 4.79 Å². The van der Waals surface area contributed by atoms with Crippen LogP contribution in [0.2, 0.25) is 0 Å². The Labute approximate surface area is 119 Å². The van der Waals surface area contributed by atoms with E-state index in [9.17, 15) is 4.79 Å². The minimum absolute atomic E-state index is 0.192. The minimum Gasteiger partial charge on any atom is -0.497 e. The molecule has 1 heterocycles. The lowest BCUT2D eigenvalue weighted by atomic mass is 10.1. The van der Waals surface area contributed by atoms with Gasteiger partial charge in [-0.25, -0.2) is 0 Å². The monoisotopic (exact) mass is 281 g/mol. The predicted molar refractivity (Wildman–Crippen MR) is 76.9 cm³/mol. The summed E-state index contributed by atoms with van der Waals surface area (Å²) in [7, 11) is 3.25. The molecular formula is C14H19NO3S. The Balaban J connectivity index is 2.13. The summed E-state index contributed by atoms with van der Waals surface area (Å²) >= 11 is 4.27. The molecule has 104 valence electrons. The van der Waals surface area contributed by atoms with Crippen molar-refractivity contribution in [3.8, 4) is 11.5 Å². The van der Waals surface area contributed by atoms with E-state index in [1.807, 2.05) is 23.1 Å². The lowest BCUT2D eigenvalue weighted by Gasteiger charge is -2.18. The highest BCUT2D eigenvalue weighted by molar-refractivity contribution is 7.80. The van der Waals surface area contributed by atoms with Crippen LogP contribution in [0.1, 0.15) is 12.0 Å². The van der Waals surface area contributed by atoms with Crippen molar-refractivity contribution < 1.29 is 14.3 Å². The van der Waals surface area contributed by atoms with Crippen LogP contribution in [0.3, 0.4) is 0 Å². The van der Waals surface area contributed by atoms with Gasteiger partial charge in [0, 0.05) is 31.1 Å². The van der Waals surface area contributed by atoms with Crippen LogP contribution in [-0.4, -0.2) is 37.3 Å². The van der Waals surface area contributed by atoms with Crippen LogP contribution in [-0.2, 0) is 11.3 Å². The molecule has 4 nitrogen and oxygen atoms in total. The largest absolute Gasteiger partial charge is 0.497 e. The van der Waals surface area contributed by atoms with Crippen molar-refractivity contribution in [1.82, 2.24) is 4.90 Å². The summed E-state index contributed by atoms with van der Waals surface area (Å²) in [5, 5.41) is 0. The van der Waals surface area contributed by atoms with Crippen molar-refractivity contribution >= 4 is 18.5 Å². The third-order valence-corrected chi connectivity index (χ3v) is 3.92. The second-order valence-corrected chi connectivity index (χ2v) is 5.07. The summed E-state index contributed by atoms with van der Waals surface area (Å²) in [5.41, 5.74) is 0.997. The third-order valence-electron chi connectivity index (χ3n) is 3.41. The predicted octanol–water partition coefficient (Wildman–Crippen LogP) is 1.98. The number of amides is 1. The van der Waals surface area contributed by atoms with E-state index in [4.69, 9.17) is 9.47 Å². The van der Waals surface area contributed by atoms with Crippen LogP contribution >= 0.6 is 12.6 Å². The number of carbonyl (C=O) groups is 1. The lowest BCUT2D eigenvalue weighted by Crippen LogP contribution is -2.25. The highest BCUT2D eigenvalue weighted by atomic mass is 32.1. The van der Waals surface area contributed by atoms with Crippen molar-refractivity contribution in [3.63, 3.8) is 0 Å². The van der Waals surface area contributed by atoms with E-state index in [-0.39, 0.29) is 5.91 Å². The topological polar surface area (TPSA) is 38.8 Å². The third kappa shape index (κ3) is 3.15. The molecule has 0 radical (unpaired) electrons. The molecule has 1 unspecified atom stereocenters. The average molecular weight is 281 g/mol. The van der Waals surface area contributed by atoms with Gasteiger partial charge in [-0.15, -0.1) is 0 Å². The second kappa shape index (κ2) is 6.19. The first-order valence-electron chi connectivity index (χ1n) is 6.27. The molecule has 2 rings (SSSR count). The van der Waals surface area contributed by atoms with Gasteiger partial charge in [0.2, 0.25) is 5.91 Å². The summed E-state index contributed by atoms with van der Waals surface area (Å²) < 4.78 is 10.5. The van der Waals surface area contributed by atoms with Gasteiger partial charge in [0.15, 0.2) is 0 Å². The first-order valence-corrected chi connectivity index (χ1v) is 6.90. The number of hydrogen-bond acceptors (Lipinski definition) is 4. The van der Waals surface area contributed by atoms with Crippen molar-refractivity contribution in [3.05, 3.63) is 23.8 Å². The Hall–Kier alpha value is -1.36. The van der Waals surface area contributed by atoms with Crippen molar-refractivity contribution in [2.75, 3.05) is 26.5 Å². The van der Waals surface area contributed by atoms with E-state index >= 15 is 0 Å². The molecule has 0 N–H and O–H groups in total. The highest BCUT2D eigenvalue weighted by Gasteiger charge is 2.29. The molecule has 1 atom stereocenters. The molecule has 1 amide bonds. The molecule has 0 aromatic heterocycles. The fourth-order valence-corrected chi connectivity index (χ4v) is 2.56. The van der Waals surface area contributed by atoms with Crippen LogP contribution < -0.4 is 9.47 Å². The molecule has 1 aromatic carbocycles. The van der Waals surface area contributed by atoms with Crippen LogP contribution in [0.5, 0.6) is 11.5 Å². The molecule has 0 bridgehead atoms. The fourth-order valence-electron chi connectivity index (χ4n) is 2.32. The molecule has 1 saturated heterocycles. The molecule has 0 spiro atoms. The first-order chi connectivity index (χ1) is 9.17. The summed E-state index contributed by atoms with van der Waals surface area (Å²) in [6, 6.07) is 5.67. The van der Waals surface area contributed by atoms with Crippen LogP contribution in [0.15, 0.2) is 18.2 Å². The maximum Gasteiger partial charge on any atom is 0.223 e. The van der Waals surface area contributed by atoms with E-state index < -0.39 is 0 Å². The summed E-state index contributed by atoms with van der Waals surface area (Å²) in [5.74, 6) is 2.81. The lowest BCUT2D eigenvalue weighted by molar-refractivity contribution is -0.128. The Bertz CT molecular complexity index is 464. The summed E-state index contributed by atoms with van der Waals surface area (Å²) in [4.78, 5) is 13.8. The normalized spacial score (nSPS) is 18.8. The van der Waals surface area contributed by atoms with Crippen LogP contribution in [0.25, 0.3) is 0 Å². The number of carbonyl (C=O) groups excluding carboxylic acids is 1. The van der Waals surface area contributed by atoms with Crippen LogP contribution in [0.4, 0.5) is 0 Å². The summed E-state index contributed by atoms with van der Waals surface area (Å²) in [6.45, 7) is 1.35. The first kappa shape index (κ1) is 14.1.